The molecule has 2 saturated heterocycles. The van der Waals surface area contributed by atoms with Crippen molar-refractivity contribution in [2.24, 2.45) is 11.8 Å². The van der Waals surface area contributed by atoms with E-state index in [9.17, 15) is 14.4 Å². The van der Waals surface area contributed by atoms with Gasteiger partial charge in [-0.25, -0.2) is 10.3 Å². The molecule has 3 aliphatic rings. The lowest BCUT2D eigenvalue weighted by Gasteiger charge is -2.22. The Morgan fingerprint density at radius 2 is 1.73 bits per heavy atom. The maximum Gasteiger partial charge on any atom is 0.263 e. The van der Waals surface area contributed by atoms with E-state index in [0.717, 1.165) is 49.8 Å². The van der Waals surface area contributed by atoms with E-state index >= 15 is 0 Å². The van der Waals surface area contributed by atoms with Gasteiger partial charge in [-0.15, -0.1) is 0 Å². The molecule has 3 atom stereocenters. The van der Waals surface area contributed by atoms with Gasteiger partial charge in [-0.05, 0) is 25.7 Å². The Labute approximate surface area is 129 Å². The maximum atomic E-state index is 12.3. The van der Waals surface area contributed by atoms with Crippen LogP contribution >= 0.6 is 0 Å². The van der Waals surface area contributed by atoms with E-state index in [4.69, 9.17) is 9.57 Å². The number of nitrogens with one attached hydrogen (secondary N) is 1. The summed E-state index contributed by atoms with van der Waals surface area (Å²) >= 11 is 0. The first-order chi connectivity index (χ1) is 10.7. The van der Waals surface area contributed by atoms with Crippen LogP contribution in [-0.2, 0) is 24.0 Å². The largest absolute Gasteiger partial charge is 0.350 e. The monoisotopic (exact) mass is 310 g/mol. The normalized spacial score (nSPS) is 32.0. The highest BCUT2D eigenvalue weighted by Gasteiger charge is 2.48. The van der Waals surface area contributed by atoms with E-state index in [0.29, 0.717) is 6.61 Å². The lowest BCUT2D eigenvalue weighted by atomic mass is 9.81. The molecule has 3 fully saturated rings. The quantitative estimate of drug-likeness (QED) is 0.611. The van der Waals surface area contributed by atoms with Gasteiger partial charge in [0.15, 0.2) is 6.29 Å². The minimum Gasteiger partial charge on any atom is -0.350 e. The van der Waals surface area contributed by atoms with Crippen molar-refractivity contribution in [3.8, 4) is 0 Å². The average Bonchev–Trinajstić information content (AvgIpc) is 2.79. The molecule has 0 unspecified atom stereocenters. The van der Waals surface area contributed by atoms with Crippen LogP contribution in [0.15, 0.2) is 0 Å². The standard InChI is InChI=1S/C15H22N2O5/c18-12(16-22-13-7-3-4-8-21-13)9-17-14(19)10-5-1-2-6-11(10)15(17)20/h10-11,13H,1-9H2,(H,16,18)/t10-,11-,13-/m1/s1. The number of carbonyl (C=O) groups is 3. The number of carbonyl (C=O) groups excluding carboxylic acids is 3. The second kappa shape index (κ2) is 6.75. The van der Waals surface area contributed by atoms with E-state index in [1.807, 2.05) is 0 Å². The predicted molar refractivity (Wildman–Crippen MR) is 75.0 cm³/mol. The summed E-state index contributed by atoms with van der Waals surface area (Å²) in [4.78, 5) is 42.7. The molecule has 1 N–H and O–H groups in total. The van der Waals surface area contributed by atoms with E-state index in [1.54, 1.807) is 0 Å². The van der Waals surface area contributed by atoms with Gasteiger partial charge in [0, 0.05) is 13.0 Å². The van der Waals surface area contributed by atoms with Gasteiger partial charge in [0.05, 0.1) is 11.8 Å². The topological polar surface area (TPSA) is 84.9 Å². The number of ether oxygens (including phenoxy) is 1. The van der Waals surface area contributed by atoms with Crippen LogP contribution in [0.1, 0.15) is 44.9 Å². The minimum absolute atomic E-state index is 0.209. The van der Waals surface area contributed by atoms with Crippen molar-refractivity contribution < 1.29 is 24.0 Å². The SMILES string of the molecule is O=C(CN1C(=O)[C@@H]2CCCC[C@H]2C1=O)NO[C@@H]1CCCCO1. The summed E-state index contributed by atoms with van der Waals surface area (Å²) in [6, 6.07) is 0. The van der Waals surface area contributed by atoms with Gasteiger partial charge in [0.2, 0.25) is 11.8 Å². The summed E-state index contributed by atoms with van der Waals surface area (Å²) < 4.78 is 5.33. The molecule has 0 aromatic heterocycles. The van der Waals surface area contributed by atoms with Crippen molar-refractivity contribution in [1.82, 2.24) is 10.4 Å². The van der Waals surface area contributed by atoms with E-state index in [2.05, 4.69) is 5.48 Å². The number of nitrogens with zero attached hydrogens (tertiary/aromatic N) is 1. The van der Waals surface area contributed by atoms with Crippen molar-refractivity contribution in [3.63, 3.8) is 0 Å². The minimum atomic E-state index is -0.491. The van der Waals surface area contributed by atoms with Gasteiger partial charge in [-0.2, -0.15) is 0 Å². The molecular formula is C15H22N2O5. The van der Waals surface area contributed by atoms with Crippen LogP contribution in [0.5, 0.6) is 0 Å². The van der Waals surface area contributed by atoms with E-state index in [1.165, 1.54) is 0 Å². The first-order valence-corrected chi connectivity index (χ1v) is 8.08. The van der Waals surface area contributed by atoms with Crippen LogP contribution in [0.3, 0.4) is 0 Å². The third kappa shape index (κ3) is 3.15. The highest BCUT2D eigenvalue weighted by molar-refractivity contribution is 6.07. The fourth-order valence-corrected chi connectivity index (χ4v) is 3.50. The predicted octanol–water partition coefficient (Wildman–Crippen LogP) is 0.736. The fraction of sp³-hybridized carbons (Fsp3) is 0.800. The fourth-order valence-electron chi connectivity index (χ4n) is 3.50. The Morgan fingerprint density at radius 1 is 1.09 bits per heavy atom. The van der Waals surface area contributed by atoms with Crippen molar-refractivity contribution in [2.75, 3.05) is 13.2 Å². The van der Waals surface area contributed by atoms with Crippen LogP contribution in [0.25, 0.3) is 0 Å². The Kier molecular flexibility index (Phi) is 4.73. The number of rotatable bonds is 4. The molecule has 1 aliphatic carbocycles. The summed E-state index contributed by atoms with van der Waals surface area (Å²) in [5.74, 6) is -1.36. The lowest BCUT2D eigenvalue weighted by Crippen LogP contribution is -2.42. The number of fused-ring (bicyclic) bond motifs is 1. The number of amides is 3. The zero-order valence-electron chi connectivity index (χ0n) is 12.6. The molecule has 3 amide bonds. The van der Waals surface area contributed by atoms with Gasteiger partial charge >= 0.3 is 0 Å². The van der Waals surface area contributed by atoms with Crippen LogP contribution < -0.4 is 5.48 Å². The van der Waals surface area contributed by atoms with Crippen LogP contribution in [0.2, 0.25) is 0 Å². The Balaban J connectivity index is 1.50. The lowest BCUT2D eigenvalue weighted by molar-refractivity contribution is -0.200. The van der Waals surface area contributed by atoms with E-state index < -0.39 is 12.2 Å². The molecule has 7 heteroatoms. The second-order valence-corrected chi connectivity index (χ2v) is 6.20. The maximum absolute atomic E-state index is 12.3. The van der Waals surface area contributed by atoms with Gasteiger partial charge < -0.3 is 4.74 Å². The van der Waals surface area contributed by atoms with E-state index in [-0.39, 0.29) is 30.2 Å². The molecule has 2 heterocycles. The Hall–Kier alpha value is -1.47. The molecule has 0 aromatic carbocycles. The second-order valence-electron chi connectivity index (χ2n) is 6.20. The zero-order chi connectivity index (χ0) is 15.5. The number of hydrogen-bond acceptors (Lipinski definition) is 5. The molecular weight excluding hydrogens is 288 g/mol. The summed E-state index contributed by atoms with van der Waals surface area (Å²) in [5, 5.41) is 0. The Morgan fingerprint density at radius 3 is 2.32 bits per heavy atom. The number of hydroxylamine groups is 1. The van der Waals surface area contributed by atoms with Crippen molar-refractivity contribution in [1.29, 1.82) is 0 Å². The smallest absolute Gasteiger partial charge is 0.263 e. The molecule has 0 radical (unpaired) electrons. The average molecular weight is 310 g/mol. The summed E-state index contributed by atoms with van der Waals surface area (Å²) in [7, 11) is 0. The van der Waals surface area contributed by atoms with Crippen molar-refractivity contribution >= 4 is 17.7 Å². The van der Waals surface area contributed by atoms with Crippen molar-refractivity contribution in [2.45, 2.75) is 51.2 Å². The molecule has 22 heavy (non-hydrogen) atoms. The summed E-state index contributed by atoms with van der Waals surface area (Å²) in [5.41, 5.74) is 2.29. The highest BCUT2D eigenvalue weighted by Crippen LogP contribution is 2.37. The first-order valence-electron chi connectivity index (χ1n) is 8.08. The number of hydrogen-bond donors (Lipinski definition) is 1. The number of likely N-dealkylation sites (tertiary alicyclic amines) is 1. The zero-order valence-corrected chi connectivity index (χ0v) is 12.6. The van der Waals surface area contributed by atoms with Crippen molar-refractivity contribution in [3.05, 3.63) is 0 Å². The third-order valence-electron chi connectivity index (χ3n) is 4.68. The molecule has 2 aliphatic heterocycles. The van der Waals surface area contributed by atoms with Gasteiger partial charge in [0.1, 0.15) is 6.54 Å². The molecule has 3 rings (SSSR count). The molecule has 122 valence electrons. The summed E-state index contributed by atoms with van der Waals surface area (Å²) in [6.45, 7) is 0.352. The molecule has 7 nitrogen and oxygen atoms in total. The molecule has 0 bridgehead atoms. The first kappa shape index (κ1) is 15.4. The van der Waals surface area contributed by atoms with Gasteiger partial charge in [-0.3, -0.25) is 19.3 Å². The molecule has 0 spiro atoms. The number of imide groups is 1. The third-order valence-corrected chi connectivity index (χ3v) is 4.68. The van der Waals surface area contributed by atoms with Crippen LogP contribution in [0, 0.1) is 11.8 Å². The summed E-state index contributed by atoms with van der Waals surface area (Å²) in [6.07, 6.45) is 5.72. The molecule has 0 aromatic rings. The highest BCUT2D eigenvalue weighted by atomic mass is 16.8. The molecule has 1 saturated carbocycles. The van der Waals surface area contributed by atoms with Crippen LogP contribution in [0.4, 0.5) is 0 Å². The van der Waals surface area contributed by atoms with Crippen LogP contribution in [-0.4, -0.2) is 42.1 Å². The van der Waals surface area contributed by atoms with Gasteiger partial charge in [0.25, 0.3) is 5.91 Å². The Bertz CT molecular complexity index is 437. The van der Waals surface area contributed by atoms with Gasteiger partial charge in [-0.1, -0.05) is 12.8 Å².